The van der Waals surface area contributed by atoms with Gasteiger partial charge in [-0.05, 0) is 57.1 Å². The lowest BCUT2D eigenvalue weighted by Crippen LogP contribution is -2.40. The van der Waals surface area contributed by atoms with Crippen LogP contribution in [0.5, 0.6) is 0 Å². The number of likely N-dealkylation sites (N-methyl/N-ethyl adjacent to an activating group) is 1. The molecule has 0 unspecified atom stereocenters. The molecular weight excluding hydrogens is 371 g/mol. The maximum atomic E-state index is 13.2. The fourth-order valence-corrected chi connectivity index (χ4v) is 3.60. The van der Waals surface area contributed by atoms with Crippen LogP contribution in [0.1, 0.15) is 24.0 Å². The molecule has 1 fully saturated rings. The van der Waals surface area contributed by atoms with Gasteiger partial charge in [0, 0.05) is 18.2 Å². The van der Waals surface area contributed by atoms with E-state index in [4.69, 9.17) is 0 Å². The van der Waals surface area contributed by atoms with Crippen LogP contribution in [-0.2, 0) is 6.18 Å². The minimum absolute atomic E-state index is 0.123. The second kappa shape index (κ2) is 7.01. The highest BCUT2D eigenvalue weighted by molar-refractivity contribution is 5.92. The highest BCUT2D eigenvalue weighted by Gasteiger charge is 2.34. The van der Waals surface area contributed by atoms with Crippen LogP contribution in [0.15, 0.2) is 18.2 Å². The van der Waals surface area contributed by atoms with Crippen LogP contribution in [-0.4, -0.2) is 56.7 Å². The molecule has 148 valence electrons. The lowest BCUT2D eigenvalue weighted by molar-refractivity contribution is -0.136. The van der Waals surface area contributed by atoms with Crippen LogP contribution in [0.2, 0.25) is 0 Å². The number of aryl methyl sites for hydroxylation is 1. The molecule has 0 amide bonds. The monoisotopic (exact) mass is 391 g/mol. The average molecular weight is 391 g/mol. The van der Waals surface area contributed by atoms with Gasteiger partial charge < -0.3 is 10.2 Å². The Morgan fingerprint density at radius 2 is 1.96 bits per heavy atom. The number of anilines is 1. The minimum Gasteiger partial charge on any atom is -0.364 e. The molecule has 10 heteroatoms. The smallest absolute Gasteiger partial charge is 0.364 e. The van der Waals surface area contributed by atoms with Gasteiger partial charge >= 0.3 is 6.18 Å². The van der Waals surface area contributed by atoms with Crippen LogP contribution in [0.3, 0.4) is 0 Å². The molecule has 0 saturated carbocycles. The zero-order chi connectivity index (χ0) is 19.9. The Hall–Kier alpha value is -2.75. The number of nitrogens with one attached hydrogen (secondary N) is 2. The van der Waals surface area contributed by atoms with Crippen LogP contribution in [0.25, 0.3) is 22.3 Å². The number of aromatic nitrogens is 5. The summed E-state index contributed by atoms with van der Waals surface area (Å²) in [6, 6.07) is 4.46. The van der Waals surface area contributed by atoms with Crippen molar-refractivity contribution in [2.75, 3.05) is 25.5 Å². The number of halogens is 3. The molecule has 3 aromatic rings. The van der Waals surface area contributed by atoms with E-state index >= 15 is 0 Å². The third kappa shape index (κ3) is 3.51. The van der Waals surface area contributed by atoms with Crippen molar-refractivity contribution in [3.8, 4) is 11.3 Å². The number of aromatic amines is 1. The molecule has 2 N–H and O–H groups in total. The van der Waals surface area contributed by atoms with Crippen molar-refractivity contribution in [2.24, 2.45) is 0 Å². The van der Waals surface area contributed by atoms with Gasteiger partial charge in [0.15, 0.2) is 5.82 Å². The number of likely N-dealkylation sites (tertiary alicyclic amines) is 1. The van der Waals surface area contributed by atoms with Gasteiger partial charge in [0.25, 0.3) is 0 Å². The first-order chi connectivity index (χ1) is 13.3. The Morgan fingerprint density at radius 1 is 1.18 bits per heavy atom. The molecule has 0 spiro atoms. The summed E-state index contributed by atoms with van der Waals surface area (Å²) in [5, 5.41) is 21.8. The summed E-state index contributed by atoms with van der Waals surface area (Å²) >= 11 is 0. The van der Waals surface area contributed by atoms with Gasteiger partial charge in [-0.25, -0.2) is 0 Å². The third-order valence-corrected chi connectivity index (χ3v) is 5.01. The first-order valence-corrected chi connectivity index (χ1v) is 9.03. The second-order valence-corrected chi connectivity index (χ2v) is 7.19. The van der Waals surface area contributed by atoms with Gasteiger partial charge in [0.1, 0.15) is 11.0 Å². The van der Waals surface area contributed by atoms with Gasteiger partial charge in [-0.1, -0.05) is 0 Å². The molecule has 4 rings (SSSR count). The minimum atomic E-state index is -4.50. The molecule has 7 nitrogen and oxygen atoms in total. The topological polar surface area (TPSA) is 82.6 Å². The Labute approximate surface area is 159 Å². The number of alkyl halides is 3. The van der Waals surface area contributed by atoms with Gasteiger partial charge in [-0.3, -0.25) is 0 Å². The number of piperidine rings is 1. The summed E-state index contributed by atoms with van der Waals surface area (Å²) in [7, 11) is 2.09. The van der Waals surface area contributed by atoms with Crippen molar-refractivity contribution in [1.82, 2.24) is 30.5 Å². The van der Waals surface area contributed by atoms with Crippen molar-refractivity contribution in [1.29, 1.82) is 0 Å². The molecule has 3 heterocycles. The average Bonchev–Trinajstić information content (AvgIpc) is 3.11. The molecule has 0 radical (unpaired) electrons. The number of nitrogens with zero attached hydrogens (tertiary/aromatic N) is 5. The largest absolute Gasteiger partial charge is 0.418 e. The Kier molecular flexibility index (Phi) is 4.66. The summed E-state index contributed by atoms with van der Waals surface area (Å²) in [5.74, 6) is 0.687. The van der Waals surface area contributed by atoms with Crippen molar-refractivity contribution in [2.45, 2.75) is 32.0 Å². The molecule has 1 aromatic carbocycles. The molecule has 1 aliphatic rings. The van der Waals surface area contributed by atoms with Crippen LogP contribution in [0.4, 0.5) is 19.0 Å². The lowest BCUT2D eigenvalue weighted by Gasteiger charge is -2.30. The van der Waals surface area contributed by atoms with Crippen molar-refractivity contribution in [3.05, 3.63) is 29.3 Å². The summed E-state index contributed by atoms with van der Waals surface area (Å²) < 4.78 is 39.5. The second-order valence-electron chi connectivity index (χ2n) is 7.19. The van der Waals surface area contributed by atoms with Gasteiger partial charge in [-0.2, -0.15) is 28.6 Å². The van der Waals surface area contributed by atoms with Gasteiger partial charge in [0.05, 0.1) is 11.3 Å². The molecule has 28 heavy (non-hydrogen) atoms. The predicted molar refractivity (Wildman–Crippen MR) is 98.8 cm³/mol. The van der Waals surface area contributed by atoms with Crippen molar-refractivity contribution >= 4 is 16.9 Å². The fourth-order valence-electron chi connectivity index (χ4n) is 3.60. The lowest BCUT2D eigenvalue weighted by atomic mass is 10.0. The van der Waals surface area contributed by atoms with E-state index in [9.17, 15) is 13.2 Å². The summed E-state index contributed by atoms with van der Waals surface area (Å²) in [5.41, 5.74) is 0.849. The molecule has 0 aliphatic carbocycles. The molecular formula is C18H20F3N7. The molecule has 0 bridgehead atoms. The van der Waals surface area contributed by atoms with Gasteiger partial charge in [-0.15, -0.1) is 10.2 Å². The Bertz CT molecular complexity index is 998. The van der Waals surface area contributed by atoms with Crippen LogP contribution in [0, 0.1) is 6.92 Å². The van der Waals surface area contributed by atoms with Crippen molar-refractivity contribution < 1.29 is 13.2 Å². The molecule has 2 aromatic heterocycles. The number of hydrogen-bond acceptors (Lipinski definition) is 6. The SMILES string of the molecule is Cc1cc(-c2ccc(C(F)(F)F)c3n[nH]nc23)nnc1N[C@@H]1CCCN(C)C1. The van der Waals surface area contributed by atoms with E-state index in [2.05, 4.69) is 42.9 Å². The quantitative estimate of drug-likeness (QED) is 0.713. The summed E-state index contributed by atoms with van der Waals surface area (Å²) in [4.78, 5) is 2.27. The summed E-state index contributed by atoms with van der Waals surface area (Å²) in [6.07, 6.45) is -2.32. The normalized spacial score (nSPS) is 18.5. The van der Waals surface area contributed by atoms with Gasteiger partial charge in [0.2, 0.25) is 0 Å². The predicted octanol–water partition coefficient (Wildman–Crippen LogP) is 3.25. The maximum absolute atomic E-state index is 13.2. The van der Waals surface area contributed by atoms with Crippen LogP contribution >= 0.6 is 0 Å². The van der Waals surface area contributed by atoms with Crippen molar-refractivity contribution in [3.63, 3.8) is 0 Å². The van der Waals surface area contributed by atoms with Crippen LogP contribution < -0.4 is 5.32 Å². The number of hydrogen-bond donors (Lipinski definition) is 2. The third-order valence-electron chi connectivity index (χ3n) is 5.01. The zero-order valence-electron chi connectivity index (χ0n) is 15.5. The first kappa shape index (κ1) is 18.6. The molecule has 1 atom stereocenters. The highest BCUT2D eigenvalue weighted by Crippen LogP contribution is 2.36. The van der Waals surface area contributed by atoms with E-state index in [1.165, 1.54) is 6.07 Å². The Morgan fingerprint density at radius 3 is 2.68 bits per heavy atom. The standard InChI is InChI=1S/C18H20F3N7/c1-10-8-14(23-26-17(10)22-11-4-3-7-28(2)9-11)12-5-6-13(18(19,20)21)16-15(12)24-27-25-16/h5-6,8,11H,3-4,7,9H2,1-2H3,(H,22,26)(H,24,25,27)/t11-/m1/s1. The van der Waals surface area contributed by atoms with E-state index in [0.29, 0.717) is 23.1 Å². The number of fused-ring (bicyclic) bond motifs is 1. The number of benzene rings is 1. The number of H-pyrrole nitrogens is 1. The van der Waals surface area contributed by atoms with E-state index < -0.39 is 11.7 Å². The zero-order valence-corrected chi connectivity index (χ0v) is 15.5. The summed E-state index contributed by atoms with van der Waals surface area (Å²) in [6.45, 7) is 3.92. The fraction of sp³-hybridized carbons (Fsp3) is 0.444. The molecule has 1 aliphatic heterocycles. The van der Waals surface area contributed by atoms with E-state index in [0.717, 1.165) is 37.6 Å². The van der Waals surface area contributed by atoms with E-state index in [1.807, 2.05) is 6.92 Å². The highest BCUT2D eigenvalue weighted by atomic mass is 19.4. The first-order valence-electron chi connectivity index (χ1n) is 9.03. The van der Waals surface area contributed by atoms with E-state index in [-0.39, 0.29) is 11.0 Å². The molecule has 1 saturated heterocycles. The number of rotatable bonds is 3. The maximum Gasteiger partial charge on any atom is 0.418 e. The Balaban J connectivity index is 1.65. The van der Waals surface area contributed by atoms with E-state index in [1.54, 1.807) is 6.07 Å².